The molecule has 0 bridgehead atoms. The zero-order chi connectivity index (χ0) is 38.8. The number of carbonyl (C=O) groups excluding carboxylic acids is 1. The van der Waals surface area contributed by atoms with Crippen LogP contribution in [-0.2, 0) is 28.5 Å². The fraction of sp³-hybridized carbons (Fsp3) is 0.886. The van der Waals surface area contributed by atoms with Crippen molar-refractivity contribution in [2.45, 2.75) is 176 Å². The van der Waals surface area contributed by atoms with E-state index in [9.17, 15) is 55.5 Å². The molecule has 0 radical (unpaired) electrons. The van der Waals surface area contributed by atoms with Gasteiger partial charge in [0.2, 0.25) is 5.91 Å². The number of carboxylic acid groups (broad SMARTS) is 1. The molecule has 0 aliphatic carbocycles. The quantitative estimate of drug-likeness (QED) is 0.0391. The molecule has 0 aromatic carbocycles. The molecule has 0 aromatic rings. The maximum atomic E-state index is 12.6. The summed E-state index contributed by atoms with van der Waals surface area (Å²) >= 11 is 0. The molecule has 17 nitrogen and oxygen atoms in total. The summed E-state index contributed by atoms with van der Waals surface area (Å²) in [6, 6.07) is -2.46. The van der Waals surface area contributed by atoms with Gasteiger partial charge in [-0.1, -0.05) is 83.3 Å². The summed E-state index contributed by atoms with van der Waals surface area (Å²) in [7, 11) is 0. The van der Waals surface area contributed by atoms with Crippen LogP contribution in [0.25, 0.3) is 0 Å². The molecular formula is C35H64N2O15. The Morgan fingerprint density at radius 1 is 0.962 bits per heavy atom. The number of allylic oxidation sites excluding steroid dienone is 1. The number of hydrogen-bond donors (Lipinski definition) is 11. The topological polar surface area (TPSA) is 291 Å². The van der Waals surface area contributed by atoms with Crippen LogP contribution in [0.1, 0.15) is 97.3 Å². The molecule has 0 aromatic heterocycles. The number of unbranched alkanes of at least 4 members (excludes halogenated alkanes) is 11. The Kier molecular flexibility index (Phi) is 21.2. The number of carbonyl (C=O) groups is 2. The van der Waals surface area contributed by atoms with Gasteiger partial charge < -0.3 is 76.0 Å². The van der Waals surface area contributed by atoms with Crippen molar-refractivity contribution >= 4 is 11.9 Å². The van der Waals surface area contributed by atoms with Crippen LogP contribution in [0.2, 0.25) is 0 Å². The zero-order valence-corrected chi connectivity index (χ0v) is 30.4. The number of ether oxygens (including phenoxy) is 4. The van der Waals surface area contributed by atoms with Gasteiger partial charge in [0.1, 0.15) is 42.7 Å². The Hall–Kier alpha value is -1.84. The molecule has 0 saturated carbocycles. The molecule has 0 spiro atoms. The van der Waals surface area contributed by atoms with Crippen molar-refractivity contribution in [2.75, 3.05) is 19.8 Å². The Balaban J connectivity index is 2.00. The number of nitrogens with one attached hydrogen (secondary N) is 1. The summed E-state index contributed by atoms with van der Waals surface area (Å²) in [5.74, 6) is -5.48. The lowest BCUT2D eigenvalue weighted by Gasteiger charge is -2.50. The first-order valence-electron chi connectivity index (χ1n) is 18.6. The van der Waals surface area contributed by atoms with Crippen LogP contribution in [0.4, 0.5) is 0 Å². The lowest BCUT2D eigenvalue weighted by molar-refractivity contribution is -0.370. The predicted molar refractivity (Wildman–Crippen MR) is 185 cm³/mol. The number of nitrogens with two attached hydrogens (primary N) is 1. The molecule has 2 saturated heterocycles. The molecule has 17 heteroatoms. The minimum absolute atomic E-state index is 0.377. The summed E-state index contributed by atoms with van der Waals surface area (Å²) in [5, 5.41) is 96.0. The highest BCUT2D eigenvalue weighted by atomic mass is 16.8. The highest BCUT2D eigenvalue weighted by Crippen LogP contribution is 2.37. The third kappa shape index (κ3) is 14.1. The van der Waals surface area contributed by atoms with Crippen molar-refractivity contribution in [2.24, 2.45) is 5.73 Å². The third-order valence-electron chi connectivity index (χ3n) is 9.53. The Morgan fingerprint density at radius 3 is 2.10 bits per heavy atom. The molecule has 13 atom stereocenters. The van der Waals surface area contributed by atoms with Crippen LogP contribution >= 0.6 is 0 Å². The molecule has 2 fully saturated rings. The number of rotatable bonds is 25. The van der Waals surface area contributed by atoms with E-state index < -0.39 is 111 Å². The first kappa shape index (κ1) is 46.3. The van der Waals surface area contributed by atoms with E-state index in [4.69, 9.17) is 24.7 Å². The van der Waals surface area contributed by atoms with Crippen molar-refractivity contribution in [3.8, 4) is 0 Å². The fourth-order valence-corrected chi connectivity index (χ4v) is 6.41. The normalized spacial score (nSPS) is 32.0. The van der Waals surface area contributed by atoms with Gasteiger partial charge in [-0.3, -0.25) is 4.79 Å². The number of carboxylic acids is 1. The number of amides is 1. The third-order valence-corrected chi connectivity index (χ3v) is 9.53. The van der Waals surface area contributed by atoms with Gasteiger partial charge in [0.05, 0.1) is 44.1 Å². The molecular weight excluding hydrogens is 688 g/mol. The number of aliphatic hydroxyl groups is 8. The second-order valence-electron chi connectivity index (χ2n) is 13.9. The summed E-state index contributed by atoms with van der Waals surface area (Å²) in [5.41, 5.74) is 6.10. The van der Waals surface area contributed by atoms with E-state index in [2.05, 4.69) is 12.2 Å². The van der Waals surface area contributed by atoms with Crippen molar-refractivity contribution in [3.05, 3.63) is 12.2 Å². The fourth-order valence-electron chi connectivity index (χ4n) is 6.41. The SMILES string of the molecule is CCCCCCCCCCCCC/C=C/[C@@H](O)[C@@H](N)CO[C@@H]1O[C@H](CO)[C@H](O)[C@H](O[C@]2(C(=O)O)C[C@H](O)[C@@H](NC(C)=O)[C@H]([C@@H](O)[C@H](O)CO)O2)[C@H]1O. The van der Waals surface area contributed by atoms with E-state index >= 15 is 0 Å². The first-order valence-corrected chi connectivity index (χ1v) is 18.6. The standard InChI is InChI=1S/C35H64N2O15/c1-3-4-5-6-7-8-9-10-11-12-13-14-15-16-23(41)22(36)20-49-33-30(46)32(29(45)26(19-39)50-33)52-35(34(47)48)17-24(42)27(37-21(2)40)31(51-35)28(44)25(43)18-38/h15-16,22-33,38-39,41-46H,3-14,17-20,36H2,1-2H3,(H,37,40)(H,47,48)/b16-15+/t22-,23+,24-,25+,26+,27+,28-,29-,30+,31+,32-,33+,35-/m0/s1. The van der Waals surface area contributed by atoms with Gasteiger partial charge in [0, 0.05) is 13.3 Å². The Labute approximate surface area is 305 Å². The van der Waals surface area contributed by atoms with Crippen LogP contribution in [-0.4, -0.2) is 157 Å². The van der Waals surface area contributed by atoms with Gasteiger partial charge in [-0.2, -0.15) is 0 Å². The van der Waals surface area contributed by atoms with Crippen LogP contribution in [0.15, 0.2) is 12.2 Å². The highest BCUT2D eigenvalue weighted by Gasteiger charge is 2.59. The summed E-state index contributed by atoms with van der Waals surface area (Å²) in [6.45, 7) is 1.09. The largest absolute Gasteiger partial charge is 0.477 e. The molecule has 0 unspecified atom stereocenters. The molecule has 2 aliphatic heterocycles. The predicted octanol–water partition coefficient (Wildman–Crippen LogP) is -1.08. The molecule has 1 amide bonds. The average Bonchev–Trinajstić information content (AvgIpc) is 3.11. The second kappa shape index (κ2) is 23.8. The lowest BCUT2D eigenvalue weighted by atomic mass is 9.88. The molecule has 12 N–H and O–H groups in total. The van der Waals surface area contributed by atoms with E-state index in [-0.39, 0.29) is 6.61 Å². The molecule has 304 valence electrons. The Morgan fingerprint density at radius 2 is 1.56 bits per heavy atom. The van der Waals surface area contributed by atoms with E-state index in [0.29, 0.717) is 0 Å². The summed E-state index contributed by atoms with van der Waals surface area (Å²) in [6.07, 6.45) is -0.934. The molecule has 52 heavy (non-hydrogen) atoms. The first-order chi connectivity index (χ1) is 24.7. The van der Waals surface area contributed by atoms with Gasteiger partial charge in [-0.25, -0.2) is 4.79 Å². The van der Waals surface area contributed by atoms with E-state index in [0.717, 1.165) is 32.6 Å². The van der Waals surface area contributed by atoms with Crippen LogP contribution < -0.4 is 11.1 Å². The van der Waals surface area contributed by atoms with Gasteiger partial charge in [-0.05, 0) is 12.8 Å². The second-order valence-corrected chi connectivity index (χ2v) is 13.9. The van der Waals surface area contributed by atoms with Gasteiger partial charge in [0.15, 0.2) is 6.29 Å². The minimum atomic E-state index is -2.91. The number of aliphatic hydroxyl groups excluding tert-OH is 8. The van der Waals surface area contributed by atoms with E-state index in [1.807, 2.05) is 6.08 Å². The van der Waals surface area contributed by atoms with Gasteiger partial charge in [-0.15, -0.1) is 0 Å². The van der Waals surface area contributed by atoms with Crippen LogP contribution in [0.5, 0.6) is 0 Å². The van der Waals surface area contributed by atoms with E-state index in [1.54, 1.807) is 6.08 Å². The minimum Gasteiger partial charge on any atom is -0.477 e. The summed E-state index contributed by atoms with van der Waals surface area (Å²) in [4.78, 5) is 24.4. The van der Waals surface area contributed by atoms with Crippen LogP contribution in [0, 0.1) is 0 Å². The lowest BCUT2D eigenvalue weighted by Crippen LogP contribution is -2.70. The number of aliphatic carboxylic acids is 1. The molecule has 2 aliphatic rings. The van der Waals surface area contributed by atoms with Crippen LogP contribution in [0.3, 0.4) is 0 Å². The average molecular weight is 753 g/mol. The number of hydrogen-bond acceptors (Lipinski definition) is 15. The smallest absolute Gasteiger partial charge is 0.364 e. The molecule has 2 heterocycles. The van der Waals surface area contributed by atoms with Gasteiger partial charge >= 0.3 is 5.97 Å². The monoisotopic (exact) mass is 752 g/mol. The summed E-state index contributed by atoms with van der Waals surface area (Å²) < 4.78 is 22.3. The molecule has 2 rings (SSSR count). The highest BCUT2D eigenvalue weighted by molar-refractivity contribution is 5.76. The maximum Gasteiger partial charge on any atom is 0.364 e. The van der Waals surface area contributed by atoms with Crippen molar-refractivity contribution in [1.82, 2.24) is 5.32 Å². The maximum absolute atomic E-state index is 12.6. The van der Waals surface area contributed by atoms with E-state index in [1.165, 1.54) is 51.4 Å². The van der Waals surface area contributed by atoms with Gasteiger partial charge in [0.25, 0.3) is 5.79 Å². The van der Waals surface area contributed by atoms with Crippen molar-refractivity contribution in [1.29, 1.82) is 0 Å². The zero-order valence-electron chi connectivity index (χ0n) is 30.4. The Bertz CT molecular complexity index is 1060. The van der Waals surface area contributed by atoms with Crippen molar-refractivity contribution < 1.29 is 74.5 Å². The van der Waals surface area contributed by atoms with Crippen molar-refractivity contribution in [3.63, 3.8) is 0 Å².